The van der Waals surface area contributed by atoms with E-state index in [2.05, 4.69) is 5.32 Å². The van der Waals surface area contributed by atoms with Crippen molar-refractivity contribution in [2.45, 2.75) is 31.5 Å². The van der Waals surface area contributed by atoms with Crippen LogP contribution in [0.4, 0.5) is 13.2 Å². The molecule has 0 aliphatic carbocycles. The van der Waals surface area contributed by atoms with Gasteiger partial charge >= 0.3 is 6.18 Å². The fraction of sp³-hybridized carbons (Fsp3) is 1.00. The Kier molecular flexibility index (Phi) is 7.72. The molecule has 0 spiro atoms. The van der Waals surface area contributed by atoms with E-state index in [-0.39, 0.29) is 12.5 Å². The van der Waals surface area contributed by atoms with E-state index >= 15 is 0 Å². The third-order valence-corrected chi connectivity index (χ3v) is 1.85. The van der Waals surface area contributed by atoms with Gasteiger partial charge in [-0.1, -0.05) is 0 Å². The molecule has 0 heterocycles. The van der Waals surface area contributed by atoms with Crippen molar-refractivity contribution in [3.05, 3.63) is 0 Å². The molecule has 1 unspecified atom stereocenters. The Balaban J connectivity index is 3.18. The summed E-state index contributed by atoms with van der Waals surface area (Å²) < 4.78 is 40.0. The fourth-order valence-electron chi connectivity index (χ4n) is 1.14. The summed E-state index contributed by atoms with van der Waals surface area (Å²) in [4.78, 5) is 0. The number of methoxy groups -OCH3 is 1. The molecule has 92 valence electrons. The minimum absolute atomic E-state index is 0.0994. The maximum atomic E-state index is 11.7. The Labute approximate surface area is 88.2 Å². The van der Waals surface area contributed by atoms with Crippen molar-refractivity contribution in [1.29, 1.82) is 0 Å². The first kappa shape index (κ1) is 14.7. The Morgan fingerprint density at radius 2 is 2.00 bits per heavy atom. The smallest absolute Gasteiger partial charge is 0.383 e. The number of hydrogen-bond donors (Lipinski definition) is 2. The summed E-state index contributed by atoms with van der Waals surface area (Å²) in [5.41, 5.74) is 5.60. The lowest BCUT2D eigenvalue weighted by atomic mass is 10.2. The lowest BCUT2D eigenvalue weighted by molar-refractivity contribution is -0.135. The van der Waals surface area contributed by atoms with Gasteiger partial charge < -0.3 is 15.8 Å². The summed E-state index contributed by atoms with van der Waals surface area (Å²) in [7, 11) is 1.56. The van der Waals surface area contributed by atoms with Gasteiger partial charge in [0, 0.05) is 26.1 Å². The number of nitrogens with two attached hydrogens (primary N) is 1. The normalized spacial score (nSPS) is 14.2. The third-order valence-electron chi connectivity index (χ3n) is 1.85. The monoisotopic (exact) mass is 228 g/mol. The molecule has 0 aliphatic heterocycles. The second-order valence-electron chi connectivity index (χ2n) is 3.49. The van der Waals surface area contributed by atoms with Gasteiger partial charge in [-0.3, -0.25) is 0 Å². The van der Waals surface area contributed by atoms with Gasteiger partial charge in [0.2, 0.25) is 0 Å². The molecular weight excluding hydrogens is 209 g/mol. The Morgan fingerprint density at radius 1 is 1.33 bits per heavy atom. The third kappa shape index (κ3) is 11.6. The molecule has 3 N–H and O–H groups in total. The van der Waals surface area contributed by atoms with Crippen molar-refractivity contribution < 1.29 is 17.9 Å². The summed E-state index contributed by atoms with van der Waals surface area (Å²) in [5, 5.41) is 2.98. The first-order chi connectivity index (χ1) is 6.95. The molecule has 3 nitrogen and oxygen atoms in total. The van der Waals surface area contributed by atoms with Crippen LogP contribution in [0.25, 0.3) is 0 Å². The van der Waals surface area contributed by atoms with Crippen molar-refractivity contribution >= 4 is 0 Å². The average molecular weight is 228 g/mol. The van der Waals surface area contributed by atoms with Crippen LogP contribution in [-0.4, -0.2) is 39.0 Å². The highest BCUT2D eigenvalue weighted by molar-refractivity contribution is 4.63. The van der Waals surface area contributed by atoms with Crippen LogP contribution < -0.4 is 11.1 Å². The molecule has 0 radical (unpaired) electrons. The van der Waals surface area contributed by atoms with Crippen LogP contribution >= 0.6 is 0 Å². The topological polar surface area (TPSA) is 47.3 Å². The fourth-order valence-corrected chi connectivity index (χ4v) is 1.14. The minimum atomic E-state index is -4.04. The van der Waals surface area contributed by atoms with E-state index in [1.807, 2.05) is 0 Å². The maximum absolute atomic E-state index is 11.7. The number of unbranched alkanes of at least 4 members (excludes halogenated alkanes) is 1. The molecule has 0 aromatic heterocycles. The summed E-state index contributed by atoms with van der Waals surface area (Å²) in [5.74, 6) is 0. The Bertz CT molecular complexity index is 153. The number of hydrogen-bond acceptors (Lipinski definition) is 3. The zero-order valence-corrected chi connectivity index (χ0v) is 8.94. The second kappa shape index (κ2) is 7.90. The lowest BCUT2D eigenvalue weighted by Crippen LogP contribution is -2.37. The maximum Gasteiger partial charge on any atom is 0.389 e. The Morgan fingerprint density at radius 3 is 2.53 bits per heavy atom. The summed E-state index contributed by atoms with van der Waals surface area (Å²) >= 11 is 0. The number of alkyl halides is 3. The van der Waals surface area contributed by atoms with Crippen LogP contribution in [0.2, 0.25) is 0 Å². The van der Waals surface area contributed by atoms with Crippen LogP contribution in [0, 0.1) is 0 Å². The molecule has 0 rings (SSSR count). The predicted octanol–water partition coefficient (Wildman–Crippen LogP) is 1.28. The lowest BCUT2D eigenvalue weighted by Gasteiger charge is -2.11. The van der Waals surface area contributed by atoms with Crippen LogP contribution in [0.3, 0.4) is 0 Å². The molecule has 15 heavy (non-hydrogen) atoms. The average Bonchev–Trinajstić information content (AvgIpc) is 2.09. The van der Waals surface area contributed by atoms with Crippen LogP contribution in [0.5, 0.6) is 0 Å². The zero-order valence-electron chi connectivity index (χ0n) is 8.94. The van der Waals surface area contributed by atoms with Crippen LogP contribution in [0.1, 0.15) is 19.3 Å². The highest BCUT2D eigenvalue weighted by Gasteiger charge is 2.25. The second-order valence-corrected chi connectivity index (χ2v) is 3.49. The molecule has 6 heteroatoms. The van der Waals surface area contributed by atoms with E-state index in [0.29, 0.717) is 26.1 Å². The number of halogens is 3. The van der Waals surface area contributed by atoms with Gasteiger partial charge in [-0.15, -0.1) is 0 Å². The molecule has 0 aromatic carbocycles. The predicted molar refractivity (Wildman–Crippen MR) is 52.6 cm³/mol. The van der Waals surface area contributed by atoms with Crippen molar-refractivity contribution in [2.75, 3.05) is 26.8 Å². The van der Waals surface area contributed by atoms with E-state index in [1.54, 1.807) is 7.11 Å². The van der Waals surface area contributed by atoms with Gasteiger partial charge in [-0.25, -0.2) is 0 Å². The molecule has 0 aromatic rings. The molecule has 0 fully saturated rings. The highest BCUT2D eigenvalue weighted by atomic mass is 19.4. The van der Waals surface area contributed by atoms with E-state index < -0.39 is 12.6 Å². The van der Waals surface area contributed by atoms with Crippen LogP contribution in [-0.2, 0) is 4.74 Å². The number of nitrogens with one attached hydrogen (secondary N) is 1. The summed E-state index contributed by atoms with van der Waals surface area (Å²) in [6.45, 7) is 1.59. The molecule has 0 saturated heterocycles. The first-order valence-electron chi connectivity index (χ1n) is 4.97. The van der Waals surface area contributed by atoms with Gasteiger partial charge in [0.25, 0.3) is 0 Å². The van der Waals surface area contributed by atoms with Gasteiger partial charge in [0.1, 0.15) is 0 Å². The van der Waals surface area contributed by atoms with Gasteiger partial charge in [0.15, 0.2) is 0 Å². The molecule has 1 atom stereocenters. The molecule has 0 bridgehead atoms. The quantitative estimate of drug-likeness (QED) is 0.615. The minimum Gasteiger partial charge on any atom is -0.383 e. The van der Waals surface area contributed by atoms with Gasteiger partial charge in [-0.2, -0.15) is 13.2 Å². The Hall–Kier alpha value is -0.330. The molecule has 0 aliphatic rings. The van der Waals surface area contributed by atoms with Crippen molar-refractivity contribution in [2.24, 2.45) is 5.73 Å². The zero-order chi connectivity index (χ0) is 11.7. The van der Waals surface area contributed by atoms with E-state index in [4.69, 9.17) is 10.5 Å². The molecule has 0 saturated carbocycles. The number of ether oxygens (including phenoxy) is 1. The SMILES string of the molecule is COCC(N)CNCCCCC(F)(F)F. The van der Waals surface area contributed by atoms with Crippen LogP contribution in [0.15, 0.2) is 0 Å². The van der Waals surface area contributed by atoms with Crippen molar-refractivity contribution in [3.8, 4) is 0 Å². The highest BCUT2D eigenvalue weighted by Crippen LogP contribution is 2.21. The standard InChI is InChI=1S/C9H19F3N2O/c1-15-7-8(13)6-14-5-3-2-4-9(10,11)12/h8,14H,2-7,13H2,1H3. The summed E-state index contributed by atoms with van der Waals surface area (Å²) in [6, 6.07) is -0.0994. The largest absolute Gasteiger partial charge is 0.389 e. The van der Waals surface area contributed by atoms with Crippen molar-refractivity contribution in [3.63, 3.8) is 0 Å². The van der Waals surface area contributed by atoms with Gasteiger partial charge in [0.05, 0.1) is 6.61 Å². The van der Waals surface area contributed by atoms with Crippen molar-refractivity contribution in [1.82, 2.24) is 5.32 Å². The van der Waals surface area contributed by atoms with Gasteiger partial charge in [-0.05, 0) is 19.4 Å². The first-order valence-corrected chi connectivity index (χ1v) is 4.97. The van der Waals surface area contributed by atoms with E-state index in [0.717, 1.165) is 0 Å². The molecular formula is C9H19F3N2O. The summed E-state index contributed by atoms with van der Waals surface area (Å²) in [6.07, 6.45) is -4.07. The van der Waals surface area contributed by atoms with E-state index in [1.165, 1.54) is 0 Å². The van der Waals surface area contributed by atoms with E-state index in [9.17, 15) is 13.2 Å². The number of rotatable bonds is 8. The molecule has 0 amide bonds.